The molecule has 0 bridgehead atoms. The summed E-state index contributed by atoms with van der Waals surface area (Å²) in [5.41, 5.74) is 1.86. The molecule has 1 aromatic heterocycles. The van der Waals surface area contributed by atoms with E-state index >= 15 is 0 Å². The highest BCUT2D eigenvalue weighted by Crippen LogP contribution is 2.19. The Kier molecular flexibility index (Phi) is 2.64. The summed E-state index contributed by atoms with van der Waals surface area (Å²) in [7, 11) is 1.97. The van der Waals surface area contributed by atoms with Crippen LogP contribution in [0.15, 0.2) is 30.5 Å². The summed E-state index contributed by atoms with van der Waals surface area (Å²) in [6, 6.07) is 7.80. The van der Waals surface area contributed by atoms with E-state index in [2.05, 4.69) is 5.32 Å². The maximum absolute atomic E-state index is 11.1. The predicted octanol–water partition coefficient (Wildman–Crippen LogP) is 2.36. The molecule has 1 heterocycles. The molecule has 0 atom stereocenters. The van der Waals surface area contributed by atoms with E-state index in [1.807, 2.05) is 42.1 Å². The Morgan fingerprint density at radius 2 is 2.27 bits per heavy atom. The van der Waals surface area contributed by atoms with Crippen LogP contribution in [0, 0.1) is 0 Å². The summed E-state index contributed by atoms with van der Waals surface area (Å²) in [5.74, 6) is -0.212. The molecule has 1 aromatic carbocycles. The van der Waals surface area contributed by atoms with Gasteiger partial charge in [0.15, 0.2) is 0 Å². The van der Waals surface area contributed by atoms with E-state index in [0.717, 1.165) is 16.6 Å². The largest absolute Gasteiger partial charge is 0.350 e. The Morgan fingerprint density at radius 3 is 3.00 bits per heavy atom. The second kappa shape index (κ2) is 3.95. The van der Waals surface area contributed by atoms with E-state index < -0.39 is 0 Å². The first kappa shape index (κ1) is 10.1. The van der Waals surface area contributed by atoms with E-state index in [1.54, 1.807) is 0 Å². The number of hydrogen-bond acceptors (Lipinski definition) is 1. The number of carbonyl (C=O) groups excluding carboxylic acids is 1. The van der Waals surface area contributed by atoms with Crippen LogP contribution in [0.3, 0.4) is 0 Å². The Hall–Kier alpha value is -1.48. The minimum Gasteiger partial charge on any atom is -0.350 e. The molecule has 1 amide bonds. The molecule has 0 radical (unpaired) electrons. The number of nitrogens with zero attached hydrogens (tertiary/aromatic N) is 1. The average Bonchev–Trinajstić information content (AvgIpc) is 2.60. The number of benzene rings is 1. The maximum atomic E-state index is 11.1. The van der Waals surface area contributed by atoms with E-state index in [9.17, 15) is 4.79 Å². The minimum absolute atomic E-state index is 0.0226. The second-order valence-electron chi connectivity index (χ2n) is 3.38. The van der Waals surface area contributed by atoms with E-state index in [4.69, 9.17) is 11.6 Å². The highest BCUT2D eigenvalue weighted by atomic mass is 35.5. The van der Waals surface area contributed by atoms with Gasteiger partial charge >= 0.3 is 0 Å². The second-order valence-corrected chi connectivity index (χ2v) is 3.65. The average molecular weight is 223 g/mol. The lowest BCUT2D eigenvalue weighted by molar-refractivity contribution is -0.113. The lowest BCUT2D eigenvalue weighted by Crippen LogP contribution is -2.12. The van der Waals surface area contributed by atoms with Gasteiger partial charge in [-0.1, -0.05) is 6.07 Å². The van der Waals surface area contributed by atoms with Crippen LogP contribution >= 0.6 is 11.6 Å². The standard InChI is InChI=1S/C11H11ClN2O/c1-14-5-4-8-2-3-9(6-10(8)14)13-11(15)7-12/h2-6H,7H2,1H3,(H,13,15). The van der Waals surface area contributed by atoms with Gasteiger partial charge in [-0.2, -0.15) is 0 Å². The molecule has 0 aliphatic rings. The summed E-state index contributed by atoms with van der Waals surface area (Å²) < 4.78 is 2.01. The molecule has 0 saturated heterocycles. The van der Waals surface area contributed by atoms with Crippen molar-refractivity contribution in [3.05, 3.63) is 30.5 Å². The van der Waals surface area contributed by atoms with Gasteiger partial charge in [-0.15, -0.1) is 11.6 Å². The number of hydrogen-bond donors (Lipinski definition) is 1. The van der Waals surface area contributed by atoms with Gasteiger partial charge in [0, 0.05) is 24.4 Å². The van der Waals surface area contributed by atoms with Crippen LogP contribution in [-0.2, 0) is 11.8 Å². The Morgan fingerprint density at radius 1 is 1.47 bits per heavy atom. The molecule has 15 heavy (non-hydrogen) atoms. The number of halogens is 1. The fourth-order valence-corrected chi connectivity index (χ4v) is 1.60. The number of aryl methyl sites for hydroxylation is 1. The number of carbonyl (C=O) groups is 1. The van der Waals surface area contributed by atoms with Gasteiger partial charge in [-0.05, 0) is 23.6 Å². The molecule has 0 unspecified atom stereocenters. The first-order valence-electron chi connectivity index (χ1n) is 4.61. The van der Waals surface area contributed by atoms with Crippen LogP contribution in [0.2, 0.25) is 0 Å². The molecule has 4 heteroatoms. The highest BCUT2D eigenvalue weighted by Gasteiger charge is 2.02. The molecular weight excluding hydrogens is 212 g/mol. The van der Waals surface area contributed by atoms with E-state index in [-0.39, 0.29) is 11.8 Å². The molecule has 0 aliphatic carbocycles. The van der Waals surface area contributed by atoms with Crippen molar-refractivity contribution in [2.45, 2.75) is 0 Å². The van der Waals surface area contributed by atoms with Crippen molar-refractivity contribution in [1.29, 1.82) is 0 Å². The van der Waals surface area contributed by atoms with Gasteiger partial charge in [0.05, 0.1) is 0 Å². The first-order valence-corrected chi connectivity index (χ1v) is 5.15. The third kappa shape index (κ3) is 1.97. The van der Waals surface area contributed by atoms with Crippen LogP contribution in [0.5, 0.6) is 0 Å². The van der Waals surface area contributed by atoms with E-state index in [1.165, 1.54) is 0 Å². The Labute approximate surface area is 92.6 Å². The van der Waals surface area contributed by atoms with Crippen LogP contribution in [-0.4, -0.2) is 16.4 Å². The van der Waals surface area contributed by atoms with Gasteiger partial charge in [0.1, 0.15) is 5.88 Å². The molecule has 78 valence electrons. The maximum Gasteiger partial charge on any atom is 0.239 e. The molecule has 3 nitrogen and oxygen atoms in total. The summed E-state index contributed by atoms with van der Waals surface area (Å²) in [6.07, 6.45) is 1.98. The van der Waals surface area contributed by atoms with Crippen LogP contribution < -0.4 is 5.32 Å². The Bertz CT molecular complexity index is 504. The quantitative estimate of drug-likeness (QED) is 0.778. The number of nitrogens with one attached hydrogen (secondary N) is 1. The lowest BCUT2D eigenvalue weighted by atomic mass is 10.2. The zero-order valence-electron chi connectivity index (χ0n) is 8.33. The monoisotopic (exact) mass is 222 g/mol. The number of alkyl halides is 1. The number of aromatic nitrogens is 1. The molecule has 0 saturated carbocycles. The third-order valence-corrected chi connectivity index (χ3v) is 2.54. The van der Waals surface area contributed by atoms with Gasteiger partial charge < -0.3 is 9.88 Å². The summed E-state index contributed by atoms with van der Waals surface area (Å²) in [6.45, 7) is 0. The number of amides is 1. The molecular formula is C11H11ClN2O. The molecule has 2 aromatic rings. The minimum atomic E-state index is -0.190. The SMILES string of the molecule is Cn1ccc2ccc(NC(=O)CCl)cc21. The lowest BCUT2D eigenvalue weighted by Gasteiger charge is -2.03. The van der Waals surface area contributed by atoms with E-state index in [0.29, 0.717) is 0 Å². The van der Waals surface area contributed by atoms with Crippen molar-refractivity contribution in [2.75, 3.05) is 11.2 Å². The van der Waals surface area contributed by atoms with Crippen LogP contribution in [0.25, 0.3) is 10.9 Å². The zero-order valence-corrected chi connectivity index (χ0v) is 9.08. The Balaban J connectivity index is 2.37. The van der Waals surface area contributed by atoms with Crippen molar-refractivity contribution < 1.29 is 4.79 Å². The summed E-state index contributed by atoms with van der Waals surface area (Å²) in [5, 5.41) is 3.87. The van der Waals surface area contributed by atoms with Crippen LogP contribution in [0.4, 0.5) is 5.69 Å². The normalized spacial score (nSPS) is 10.5. The molecule has 0 spiro atoms. The van der Waals surface area contributed by atoms with Gasteiger partial charge in [-0.25, -0.2) is 0 Å². The highest BCUT2D eigenvalue weighted by molar-refractivity contribution is 6.29. The summed E-state index contributed by atoms with van der Waals surface area (Å²) in [4.78, 5) is 11.1. The van der Waals surface area contributed by atoms with Crippen LogP contribution in [0.1, 0.15) is 0 Å². The molecule has 0 fully saturated rings. The summed E-state index contributed by atoms with van der Waals surface area (Å²) >= 11 is 5.41. The third-order valence-electron chi connectivity index (χ3n) is 2.29. The first-order chi connectivity index (χ1) is 7.20. The van der Waals surface area contributed by atoms with Crippen molar-refractivity contribution in [3.63, 3.8) is 0 Å². The van der Waals surface area contributed by atoms with Gasteiger partial charge in [0.2, 0.25) is 5.91 Å². The molecule has 2 rings (SSSR count). The fraction of sp³-hybridized carbons (Fsp3) is 0.182. The fourth-order valence-electron chi connectivity index (χ4n) is 1.53. The smallest absolute Gasteiger partial charge is 0.239 e. The number of rotatable bonds is 2. The topological polar surface area (TPSA) is 34.0 Å². The number of fused-ring (bicyclic) bond motifs is 1. The van der Waals surface area contributed by atoms with Gasteiger partial charge in [0.25, 0.3) is 0 Å². The number of anilines is 1. The molecule has 1 N–H and O–H groups in total. The molecule has 0 aliphatic heterocycles. The van der Waals surface area contributed by atoms with Crippen molar-refractivity contribution in [2.24, 2.45) is 7.05 Å². The predicted molar refractivity (Wildman–Crippen MR) is 62.3 cm³/mol. The van der Waals surface area contributed by atoms with Crippen molar-refractivity contribution in [1.82, 2.24) is 4.57 Å². The van der Waals surface area contributed by atoms with Crippen molar-refractivity contribution >= 4 is 34.1 Å². The zero-order chi connectivity index (χ0) is 10.8. The van der Waals surface area contributed by atoms with Crippen molar-refractivity contribution in [3.8, 4) is 0 Å². The van der Waals surface area contributed by atoms with Gasteiger partial charge in [-0.3, -0.25) is 4.79 Å².